The van der Waals surface area contributed by atoms with Crippen LogP contribution in [0.1, 0.15) is 18.1 Å². The summed E-state index contributed by atoms with van der Waals surface area (Å²) in [5.74, 6) is -0.0342. The molecule has 1 fully saturated rings. The van der Waals surface area contributed by atoms with E-state index in [1.54, 1.807) is 24.3 Å². The zero-order valence-corrected chi connectivity index (χ0v) is 11.8. The lowest BCUT2D eigenvalue weighted by Crippen LogP contribution is -2.44. The Bertz CT molecular complexity index is 529. The van der Waals surface area contributed by atoms with Gasteiger partial charge in [0.25, 0.3) is 0 Å². The first kappa shape index (κ1) is 14.5. The summed E-state index contributed by atoms with van der Waals surface area (Å²) in [6, 6.07) is 7.02. The van der Waals surface area contributed by atoms with Crippen LogP contribution >= 0.6 is 0 Å². The smallest absolute Gasteiger partial charge is 0.218 e. The van der Waals surface area contributed by atoms with E-state index in [9.17, 15) is 8.42 Å². The minimum atomic E-state index is -3.32. The van der Waals surface area contributed by atoms with Gasteiger partial charge in [-0.2, -0.15) is 4.31 Å². The molecular weight excluding hydrogens is 266 g/mol. The third-order valence-electron chi connectivity index (χ3n) is 3.12. The molecule has 0 aliphatic carbocycles. The Labute approximate surface area is 113 Å². The second-order valence-corrected chi connectivity index (χ2v) is 6.74. The molecule has 19 heavy (non-hydrogen) atoms. The Morgan fingerprint density at radius 2 is 2.16 bits per heavy atom. The first-order valence-electron chi connectivity index (χ1n) is 6.29. The molecule has 1 aromatic carbocycles. The van der Waals surface area contributed by atoms with Crippen LogP contribution in [-0.4, -0.2) is 43.6 Å². The van der Waals surface area contributed by atoms with Crippen molar-refractivity contribution in [2.45, 2.75) is 25.4 Å². The van der Waals surface area contributed by atoms with Crippen LogP contribution in [0.2, 0.25) is 0 Å². The molecule has 2 rings (SSSR count). The number of hydrogen-bond donors (Lipinski definition) is 1. The van der Waals surface area contributed by atoms with Gasteiger partial charge in [-0.1, -0.05) is 24.3 Å². The van der Waals surface area contributed by atoms with Crippen molar-refractivity contribution in [2.75, 3.05) is 19.7 Å². The Hall–Kier alpha value is -0.950. The second-order valence-electron chi connectivity index (χ2n) is 4.77. The minimum absolute atomic E-state index is 0.0342. The van der Waals surface area contributed by atoms with Gasteiger partial charge >= 0.3 is 0 Å². The zero-order valence-electron chi connectivity index (χ0n) is 10.9. The van der Waals surface area contributed by atoms with Crippen molar-refractivity contribution in [1.82, 2.24) is 4.31 Å². The van der Waals surface area contributed by atoms with Gasteiger partial charge < -0.3 is 9.84 Å². The van der Waals surface area contributed by atoms with E-state index in [1.165, 1.54) is 4.31 Å². The summed E-state index contributed by atoms with van der Waals surface area (Å²) < 4.78 is 31.4. The van der Waals surface area contributed by atoms with Crippen LogP contribution in [0.25, 0.3) is 0 Å². The van der Waals surface area contributed by atoms with Crippen molar-refractivity contribution in [3.05, 3.63) is 35.4 Å². The summed E-state index contributed by atoms with van der Waals surface area (Å²) in [5, 5.41) is 9.07. The highest BCUT2D eigenvalue weighted by Crippen LogP contribution is 2.16. The highest BCUT2D eigenvalue weighted by atomic mass is 32.2. The summed E-state index contributed by atoms with van der Waals surface area (Å²) in [6.07, 6.45) is -0.0627. The lowest BCUT2D eigenvalue weighted by Gasteiger charge is -2.30. The number of sulfonamides is 1. The van der Waals surface area contributed by atoms with E-state index in [4.69, 9.17) is 9.84 Å². The van der Waals surface area contributed by atoms with Crippen molar-refractivity contribution < 1.29 is 18.3 Å². The number of nitrogens with zero attached hydrogens (tertiary/aromatic N) is 1. The Morgan fingerprint density at radius 1 is 1.42 bits per heavy atom. The van der Waals surface area contributed by atoms with Gasteiger partial charge in [-0.3, -0.25) is 0 Å². The van der Waals surface area contributed by atoms with Crippen molar-refractivity contribution in [2.24, 2.45) is 0 Å². The standard InChI is InChI=1S/C13H19NO4S/c1-11-8-14(5-6-18-11)19(16,17)10-13-4-2-3-12(7-13)9-15/h2-4,7,11,15H,5-6,8-10H2,1H3. The van der Waals surface area contributed by atoms with E-state index in [0.717, 1.165) is 5.56 Å². The first-order chi connectivity index (χ1) is 9.01. The van der Waals surface area contributed by atoms with Crippen molar-refractivity contribution in [3.8, 4) is 0 Å². The number of benzene rings is 1. The van der Waals surface area contributed by atoms with Crippen LogP contribution < -0.4 is 0 Å². The Balaban J connectivity index is 2.11. The van der Waals surface area contributed by atoms with E-state index >= 15 is 0 Å². The average molecular weight is 285 g/mol. The predicted octanol–water partition coefficient (Wildman–Crippen LogP) is 0.729. The van der Waals surface area contributed by atoms with E-state index < -0.39 is 10.0 Å². The molecule has 106 valence electrons. The summed E-state index contributed by atoms with van der Waals surface area (Å²) in [5.41, 5.74) is 1.42. The summed E-state index contributed by atoms with van der Waals surface area (Å²) >= 11 is 0. The monoisotopic (exact) mass is 285 g/mol. The molecule has 6 heteroatoms. The van der Waals surface area contributed by atoms with Crippen LogP contribution in [-0.2, 0) is 27.1 Å². The lowest BCUT2D eigenvalue weighted by molar-refractivity contribution is 0.0101. The Morgan fingerprint density at radius 3 is 2.84 bits per heavy atom. The van der Waals surface area contributed by atoms with Crippen molar-refractivity contribution >= 4 is 10.0 Å². The van der Waals surface area contributed by atoms with Gasteiger partial charge in [0.05, 0.1) is 25.1 Å². The van der Waals surface area contributed by atoms with Gasteiger partial charge in [-0.15, -0.1) is 0 Å². The van der Waals surface area contributed by atoms with E-state index in [1.807, 2.05) is 6.92 Å². The first-order valence-corrected chi connectivity index (χ1v) is 7.90. The minimum Gasteiger partial charge on any atom is -0.392 e. The molecule has 1 saturated heterocycles. The van der Waals surface area contributed by atoms with Crippen molar-refractivity contribution in [3.63, 3.8) is 0 Å². The largest absolute Gasteiger partial charge is 0.392 e. The third-order valence-corrected chi connectivity index (χ3v) is 4.94. The average Bonchev–Trinajstić information content (AvgIpc) is 2.38. The number of rotatable bonds is 4. The maximum Gasteiger partial charge on any atom is 0.218 e. The molecule has 1 aliphatic rings. The molecule has 1 N–H and O–H groups in total. The van der Waals surface area contributed by atoms with Gasteiger partial charge in [0.2, 0.25) is 10.0 Å². The van der Waals surface area contributed by atoms with Crippen molar-refractivity contribution in [1.29, 1.82) is 0 Å². The maximum atomic E-state index is 12.3. The van der Waals surface area contributed by atoms with Gasteiger partial charge in [0, 0.05) is 13.1 Å². The molecule has 0 radical (unpaired) electrons. The number of ether oxygens (including phenoxy) is 1. The SMILES string of the molecule is CC1CN(S(=O)(=O)Cc2cccc(CO)c2)CCO1. The molecule has 5 nitrogen and oxygen atoms in total. The van der Waals surface area contributed by atoms with Crippen LogP contribution in [0, 0.1) is 0 Å². The molecule has 1 atom stereocenters. The maximum absolute atomic E-state index is 12.3. The van der Waals surface area contributed by atoms with Crippen LogP contribution in [0.15, 0.2) is 24.3 Å². The third kappa shape index (κ3) is 3.76. The molecule has 0 aromatic heterocycles. The second kappa shape index (κ2) is 6.00. The molecule has 1 aliphatic heterocycles. The molecule has 1 unspecified atom stereocenters. The molecule has 0 spiro atoms. The summed E-state index contributed by atoms with van der Waals surface area (Å²) in [7, 11) is -3.32. The molecule has 1 aromatic rings. The van der Waals surface area contributed by atoms with Gasteiger partial charge in [-0.25, -0.2) is 8.42 Å². The Kier molecular flexibility index (Phi) is 4.57. The quantitative estimate of drug-likeness (QED) is 0.885. The van der Waals surface area contributed by atoms with Crippen LogP contribution in [0.5, 0.6) is 0 Å². The fraction of sp³-hybridized carbons (Fsp3) is 0.538. The predicted molar refractivity (Wildman–Crippen MR) is 72.0 cm³/mol. The van der Waals surface area contributed by atoms with E-state index in [2.05, 4.69) is 0 Å². The molecule has 0 saturated carbocycles. The van der Waals surface area contributed by atoms with Gasteiger partial charge in [0.1, 0.15) is 0 Å². The normalized spacial score (nSPS) is 21.5. The van der Waals surface area contributed by atoms with Crippen LogP contribution in [0.3, 0.4) is 0 Å². The molecule has 0 amide bonds. The fourth-order valence-electron chi connectivity index (χ4n) is 2.16. The molecule has 0 bridgehead atoms. The summed E-state index contributed by atoms with van der Waals surface area (Å²) in [4.78, 5) is 0. The topological polar surface area (TPSA) is 66.8 Å². The zero-order chi connectivity index (χ0) is 13.9. The number of hydrogen-bond acceptors (Lipinski definition) is 4. The fourth-order valence-corrected chi connectivity index (χ4v) is 3.73. The molecule has 1 heterocycles. The number of morpholine rings is 1. The van der Waals surface area contributed by atoms with E-state index in [0.29, 0.717) is 25.3 Å². The summed E-state index contributed by atoms with van der Waals surface area (Å²) in [6.45, 7) is 3.04. The molecular formula is C13H19NO4S. The highest BCUT2D eigenvalue weighted by Gasteiger charge is 2.27. The van der Waals surface area contributed by atoms with E-state index in [-0.39, 0.29) is 18.5 Å². The lowest BCUT2D eigenvalue weighted by atomic mass is 10.1. The number of aliphatic hydroxyl groups excluding tert-OH is 1. The highest BCUT2D eigenvalue weighted by molar-refractivity contribution is 7.88. The van der Waals surface area contributed by atoms with Crippen LogP contribution in [0.4, 0.5) is 0 Å². The van der Waals surface area contributed by atoms with Gasteiger partial charge in [-0.05, 0) is 18.1 Å². The van der Waals surface area contributed by atoms with Gasteiger partial charge in [0.15, 0.2) is 0 Å². The number of aliphatic hydroxyl groups is 1.